The van der Waals surface area contributed by atoms with E-state index in [-0.39, 0.29) is 36.9 Å². The number of hydrogen-bond acceptors (Lipinski definition) is 4. The fraction of sp³-hybridized carbons (Fsp3) is 0.412. The van der Waals surface area contributed by atoms with Gasteiger partial charge in [-0.1, -0.05) is 18.2 Å². The van der Waals surface area contributed by atoms with E-state index in [0.717, 1.165) is 10.9 Å². The van der Waals surface area contributed by atoms with E-state index in [1.165, 1.54) is 4.70 Å². The van der Waals surface area contributed by atoms with Gasteiger partial charge in [0.05, 0.1) is 5.92 Å². The highest BCUT2D eigenvalue weighted by atomic mass is 32.1. The number of fused-ring (bicyclic) bond motifs is 1. The van der Waals surface area contributed by atoms with E-state index in [2.05, 4.69) is 6.07 Å². The normalized spacial score (nSPS) is 18.4. The summed E-state index contributed by atoms with van der Waals surface area (Å²) in [6.07, 6.45) is 0.265. The predicted octanol–water partition coefficient (Wildman–Crippen LogP) is 3.20. The molecule has 1 atom stereocenters. The fourth-order valence-corrected chi connectivity index (χ4v) is 3.75. The molecule has 1 aliphatic heterocycles. The van der Waals surface area contributed by atoms with Gasteiger partial charge in [-0.05, 0) is 30.7 Å². The van der Waals surface area contributed by atoms with E-state index in [4.69, 9.17) is 4.74 Å². The third-order valence-electron chi connectivity index (χ3n) is 4.05. The Hall–Kier alpha value is -1.88. The maximum absolute atomic E-state index is 12.2. The van der Waals surface area contributed by atoms with Gasteiger partial charge in [0.25, 0.3) is 0 Å². The molecule has 0 aliphatic carbocycles. The first-order chi connectivity index (χ1) is 10.6. The Balaban J connectivity index is 1.62. The van der Waals surface area contributed by atoms with Gasteiger partial charge in [-0.15, -0.1) is 11.3 Å². The van der Waals surface area contributed by atoms with Crippen LogP contribution in [0.2, 0.25) is 0 Å². The van der Waals surface area contributed by atoms with Crippen molar-refractivity contribution in [1.29, 1.82) is 0 Å². The van der Waals surface area contributed by atoms with E-state index in [1.807, 2.05) is 37.4 Å². The van der Waals surface area contributed by atoms with Crippen LogP contribution in [-0.2, 0) is 20.9 Å². The number of carbonyl (C=O) groups excluding carboxylic acids is 2. The Kier molecular flexibility index (Phi) is 4.16. The lowest BCUT2D eigenvalue weighted by Crippen LogP contribution is -2.32. The summed E-state index contributed by atoms with van der Waals surface area (Å²) < 4.78 is 6.63. The summed E-state index contributed by atoms with van der Waals surface area (Å²) in [5.41, 5.74) is 1.03. The zero-order chi connectivity index (χ0) is 15.7. The summed E-state index contributed by atoms with van der Waals surface area (Å²) in [5.74, 6) is -0.565. The monoisotopic (exact) mass is 317 g/mol. The average Bonchev–Trinajstić information content (AvgIpc) is 3.08. The van der Waals surface area contributed by atoms with E-state index in [0.29, 0.717) is 6.54 Å². The lowest BCUT2D eigenvalue weighted by molar-refractivity contribution is -0.149. The highest BCUT2D eigenvalue weighted by molar-refractivity contribution is 7.17. The molecule has 1 aromatic heterocycles. The lowest BCUT2D eigenvalue weighted by Gasteiger charge is -2.20. The van der Waals surface area contributed by atoms with Crippen molar-refractivity contribution >= 4 is 33.3 Å². The zero-order valence-electron chi connectivity index (χ0n) is 12.7. The molecule has 1 saturated heterocycles. The molecule has 4 nitrogen and oxygen atoms in total. The number of hydrogen-bond donors (Lipinski definition) is 0. The van der Waals surface area contributed by atoms with Gasteiger partial charge in [-0.25, -0.2) is 0 Å². The standard InChI is InChI=1S/C17H19NO3S/c1-11(2)18-8-12(7-16(18)19)17(20)21-9-13-10-22-15-6-4-3-5-14(13)15/h3-6,10-12H,7-9H2,1-2H3. The number of ether oxygens (including phenoxy) is 1. The minimum absolute atomic E-state index is 0.0398. The largest absolute Gasteiger partial charge is 0.460 e. The van der Waals surface area contributed by atoms with Gasteiger partial charge in [-0.2, -0.15) is 0 Å². The van der Waals surface area contributed by atoms with Gasteiger partial charge >= 0.3 is 5.97 Å². The highest BCUT2D eigenvalue weighted by Crippen LogP contribution is 2.27. The van der Waals surface area contributed by atoms with Crippen LogP contribution in [0.4, 0.5) is 0 Å². The summed E-state index contributed by atoms with van der Waals surface area (Å²) in [7, 11) is 0. The highest BCUT2D eigenvalue weighted by Gasteiger charge is 2.36. The van der Waals surface area contributed by atoms with Crippen molar-refractivity contribution in [3.8, 4) is 0 Å². The molecule has 1 aliphatic rings. The summed E-state index contributed by atoms with van der Waals surface area (Å²) in [5, 5.41) is 3.16. The molecule has 116 valence electrons. The van der Waals surface area contributed by atoms with Crippen molar-refractivity contribution in [3.63, 3.8) is 0 Å². The van der Waals surface area contributed by atoms with Gasteiger partial charge in [0.1, 0.15) is 6.61 Å². The van der Waals surface area contributed by atoms with Crippen LogP contribution in [-0.4, -0.2) is 29.4 Å². The van der Waals surface area contributed by atoms with Crippen molar-refractivity contribution in [3.05, 3.63) is 35.2 Å². The molecule has 5 heteroatoms. The number of thiophene rings is 1. The van der Waals surface area contributed by atoms with Gasteiger partial charge in [0.15, 0.2) is 0 Å². The van der Waals surface area contributed by atoms with Crippen LogP contribution < -0.4 is 0 Å². The van der Waals surface area contributed by atoms with E-state index < -0.39 is 0 Å². The lowest BCUT2D eigenvalue weighted by atomic mass is 10.1. The van der Waals surface area contributed by atoms with Crippen LogP contribution in [0, 0.1) is 5.92 Å². The van der Waals surface area contributed by atoms with Crippen LogP contribution >= 0.6 is 11.3 Å². The topological polar surface area (TPSA) is 46.6 Å². The first-order valence-corrected chi connectivity index (χ1v) is 8.35. The second-order valence-electron chi connectivity index (χ2n) is 5.91. The second kappa shape index (κ2) is 6.08. The summed E-state index contributed by atoms with van der Waals surface area (Å²) in [4.78, 5) is 25.8. The minimum Gasteiger partial charge on any atom is -0.460 e. The third-order valence-corrected chi connectivity index (χ3v) is 5.06. The van der Waals surface area contributed by atoms with Gasteiger partial charge < -0.3 is 9.64 Å². The molecule has 2 heterocycles. The maximum atomic E-state index is 12.2. The zero-order valence-corrected chi connectivity index (χ0v) is 13.6. The first kappa shape index (κ1) is 15.0. The average molecular weight is 317 g/mol. The SMILES string of the molecule is CC(C)N1CC(C(=O)OCc2csc3ccccc23)CC1=O. The Morgan fingerprint density at radius 3 is 2.91 bits per heavy atom. The molecule has 1 amide bonds. The molecule has 1 aromatic carbocycles. The third kappa shape index (κ3) is 2.86. The first-order valence-electron chi connectivity index (χ1n) is 7.47. The van der Waals surface area contributed by atoms with Crippen LogP contribution in [0.25, 0.3) is 10.1 Å². The molecule has 0 saturated carbocycles. The predicted molar refractivity (Wildman–Crippen MR) is 86.6 cm³/mol. The van der Waals surface area contributed by atoms with Crippen molar-refractivity contribution in [1.82, 2.24) is 4.90 Å². The minimum atomic E-state index is -0.334. The van der Waals surface area contributed by atoms with Crippen molar-refractivity contribution < 1.29 is 14.3 Å². The number of carbonyl (C=O) groups is 2. The molecule has 22 heavy (non-hydrogen) atoms. The van der Waals surface area contributed by atoms with Crippen molar-refractivity contribution in [2.24, 2.45) is 5.92 Å². The van der Waals surface area contributed by atoms with Crippen LogP contribution in [0.3, 0.4) is 0 Å². The Bertz CT molecular complexity index is 707. The summed E-state index contributed by atoms with van der Waals surface area (Å²) in [6.45, 7) is 4.67. The van der Waals surface area contributed by atoms with Gasteiger partial charge in [0, 0.05) is 29.3 Å². The number of esters is 1. The van der Waals surface area contributed by atoms with Crippen LogP contribution in [0.5, 0.6) is 0 Å². The Morgan fingerprint density at radius 2 is 2.18 bits per heavy atom. The maximum Gasteiger partial charge on any atom is 0.311 e. The van der Waals surface area contributed by atoms with E-state index >= 15 is 0 Å². The van der Waals surface area contributed by atoms with E-state index in [9.17, 15) is 9.59 Å². The molecule has 0 spiro atoms. The summed E-state index contributed by atoms with van der Waals surface area (Å²) >= 11 is 1.65. The molecular weight excluding hydrogens is 298 g/mol. The number of nitrogens with zero attached hydrogens (tertiary/aromatic N) is 1. The smallest absolute Gasteiger partial charge is 0.311 e. The molecule has 0 radical (unpaired) electrons. The molecule has 2 aromatic rings. The molecule has 0 N–H and O–H groups in total. The molecule has 0 bridgehead atoms. The number of rotatable bonds is 4. The summed E-state index contributed by atoms with van der Waals surface area (Å²) in [6, 6.07) is 8.21. The molecule has 1 fully saturated rings. The molecular formula is C17H19NO3S. The second-order valence-corrected chi connectivity index (χ2v) is 6.82. The number of amides is 1. The van der Waals surface area contributed by atoms with E-state index in [1.54, 1.807) is 16.2 Å². The number of benzene rings is 1. The van der Waals surface area contributed by atoms with Gasteiger partial charge in [-0.3, -0.25) is 9.59 Å². The quantitative estimate of drug-likeness (QED) is 0.814. The number of likely N-dealkylation sites (tertiary alicyclic amines) is 1. The van der Waals surface area contributed by atoms with Crippen LogP contribution in [0.1, 0.15) is 25.8 Å². The molecule has 1 unspecified atom stereocenters. The Morgan fingerprint density at radius 1 is 1.41 bits per heavy atom. The molecule has 3 rings (SSSR count). The van der Waals surface area contributed by atoms with Crippen LogP contribution in [0.15, 0.2) is 29.6 Å². The Labute approximate surface area is 133 Å². The van der Waals surface area contributed by atoms with Crippen molar-refractivity contribution in [2.45, 2.75) is 32.9 Å². The van der Waals surface area contributed by atoms with Gasteiger partial charge in [0.2, 0.25) is 5.91 Å². The fourth-order valence-electron chi connectivity index (χ4n) is 2.80. The van der Waals surface area contributed by atoms with Crippen molar-refractivity contribution in [2.75, 3.05) is 6.54 Å².